The van der Waals surface area contributed by atoms with Gasteiger partial charge in [0.25, 0.3) is 0 Å². The molecular formula is C14H12Cl2INO. The topological polar surface area (TPSA) is 35.2 Å². The molecule has 1 atom stereocenters. The summed E-state index contributed by atoms with van der Waals surface area (Å²) in [4.78, 5) is 0. The van der Waals surface area contributed by atoms with Gasteiger partial charge in [-0.3, -0.25) is 0 Å². The van der Waals surface area contributed by atoms with Crippen LogP contribution in [0.3, 0.4) is 0 Å². The second kappa shape index (κ2) is 6.31. The summed E-state index contributed by atoms with van der Waals surface area (Å²) in [6.45, 7) is 0. The third-order valence-corrected chi connectivity index (χ3v) is 4.71. The van der Waals surface area contributed by atoms with Crippen molar-refractivity contribution in [1.29, 1.82) is 0 Å². The lowest BCUT2D eigenvalue weighted by Gasteiger charge is -2.14. The fraction of sp³-hybridized carbons (Fsp3) is 0.143. The lowest BCUT2D eigenvalue weighted by Crippen LogP contribution is -2.12. The van der Waals surface area contributed by atoms with Crippen LogP contribution in [0.1, 0.15) is 17.2 Å². The fourth-order valence-corrected chi connectivity index (χ4v) is 2.56. The van der Waals surface area contributed by atoms with Crippen molar-refractivity contribution >= 4 is 45.8 Å². The van der Waals surface area contributed by atoms with Crippen molar-refractivity contribution in [2.45, 2.75) is 6.04 Å². The fourth-order valence-electron chi connectivity index (χ4n) is 1.77. The standard InChI is InChI=1S/C14H12Cl2INO/c1-19-13-5-3-9(7-11(13)16)14(18)8-2-4-12(17)10(15)6-8/h2-7,14H,18H2,1H3. The van der Waals surface area contributed by atoms with E-state index in [4.69, 9.17) is 33.7 Å². The number of ether oxygens (including phenoxy) is 1. The Hall–Kier alpha value is -0.490. The number of hydrogen-bond acceptors (Lipinski definition) is 2. The molecule has 0 aliphatic carbocycles. The summed E-state index contributed by atoms with van der Waals surface area (Å²) in [6, 6.07) is 11.1. The molecule has 0 heterocycles. The zero-order chi connectivity index (χ0) is 14.0. The van der Waals surface area contributed by atoms with Gasteiger partial charge < -0.3 is 10.5 Å². The van der Waals surface area contributed by atoms with Crippen molar-refractivity contribution in [3.8, 4) is 5.75 Å². The Kier molecular flexibility index (Phi) is 4.95. The highest BCUT2D eigenvalue weighted by molar-refractivity contribution is 14.1. The second-order valence-electron chi connectivity index (χ2n) is 4.05. The Bertz CT molecular complexity index is 604. The van der Waals surface area contributed by atoms with E-state index >= 15 is 0 Å². The maximum atomic E-state index is 6.24. The Morgan fingerprint density at radius 3 is 2.16 bits per heavy atom. The number of halogens is 3. The van der Waals surface area contributed by atoms with Crippen molar-refractivity contribution < 1.29 is 4.74 Å². The minimum Gasteiger partial charge on any atom is -0.495 e. The molecule has 100 valence electrons. The molecule has 0 saturated carbocycles. The average Bonchev–Trinajstić information content (AvgIpc) is 2.41. The normalized spacial score (nSPS) is 12.3. The van der Waals surface area contributed by atoms with E-state index in [1.165, 1.54) is 0 Å². The molecule has 0 fully saturated rings. The molecular weight excluding hydrogens is 396 g/mol. The van der Waals surface area contributed by atoms with Gasteiger partial charge in [0.1, 0.15) is 5.75 Å². The van der Waals surface area contributed by atoms with Gasteiger partial charge in [-0.15, -0.1) is 0 Å². The van der Waals surface area contributed by atoms with Crippen molar-refractivity contribution in [2.24, 2.45) is 5.73 Å². The van der Waals surface area contributed by atoms with Crippen molar-refractivity contribution in [2.75, 3.05) is 7.11 Å². The summed E-state index contributed by atoms with van der Waals surface area (Å²) in [5, 5.41) is 1.25. The lowest BCUT2D eigenvalue weighted by molar-refractivity contribution is 0.415. The van der Waals surface area contributed by atoms with Gasteiger partial charge in [-0.1, -0.05) is 35.3 Å². The Morgan fingerprint density at radius 2 is 1.63 bits per heavy atom. The Balaban J connectivity index is 2.35. The van der Waals surface area contributed by atoms with Gasteiger partial charge in [-0.2, -0.15) is 0 Å². The van der Waals surface area contributed by atoms with Gasteiger partial charge in [-0.05, 0) is 58.0 Å². The average molecular weight is 408 g/mol. The molecule has 5 heteroatoms. The molecule has 19 heavy (non-hydrogen) atoms. The van der Waals surface area contributed by atoms with Crippen molar-refractivity contribution in [3.05, 3.63) is 61.1 Å². The number of methoxy groups -OCH3 is 1. The van der Waals surface area contributed by atoms with Crippen LogP contribution in [-0.4, -0.2) is 7.11 Å². The van der Waals surface area contributed by atoms with Crippen LogP contribution in [0.25, 0.3) is 0 Å². The zero-order valence-corrected chi connectivity index (χ0v) is 13.8. The summed E-state index contributed by atoms with van der Waals surface area (Å²) in [7, 11) is 1.58. The maximum Gasteiger partial charge on any atom is 0.137 e. The number of rotatable bonds is 3. The van der Waals surface area contributed by atoms with Gasteiger partial charge in [0, 0.05) is 3.57 Å². The predicted octanol–water partition coefficient (Wildman–Crippen LogP) is 4.65. The van der Waals surface area contributed by atoms with E-state index in [-0.39, 0.29) is 6.04 Å². The van der Waals surface area contributed by atoms with Crippen molar-refractivity contribution in [3.63, 3.8) is 0 Å². The minimum atomic E-state index is -0.266. The van der Waals surface area contributed by atoms with Crippen LogP contribution in [0, 0.1) is 3.57 Å². The maximum absolute atomic E-state index is 6.24. The van der Waals surface area contributed by atoms with Crippen LogP contribution >= 0.6 is 45.8 Å². The quantitative estimate of drug-likeness (QED) is 0.751. The molecule has 0 aliphatic rings. The Morgan fingerprint density at radius 1 is 1.05 bits per heavy atom. The Labute approximate surface area is 136 Å². The largest absolute Gasteiger partial charge is 0.495 e. The first-order valence-electron chi connectivity index (χ1n) is 5.57. The summed E-state index contributed by atoms with van der Waals surface area (Å²) >= 11 is 14.4. The third kappa shape index (κ3) is 3.34. The van der Waals surface area contributed by atoms with E-state index in [1.54, 1.807) is 7.11 Å². The summed E-state index contributed by atoms with van der Waals surface area (Å²) in [5.74, 6) is 0.637. The zero-order valence-electron chi connectivity index (χ0n) is 10.2. The van der Waals surface area contributed by atoms with Crippen LogP contribution in [0.15, 0.2) is 36.4 Å². The summed E-state index contributed by atoms with van der Waals surface area (Å²) < 4.78 is 6.13. The van der Waals surface area contributed by atoms with Crippen LogP contribution in [0.2, 0.25) is 10.0 Å². The summed E-state index contributed by atoms with van der Waals surface area (Å²) in [5.41, 5.74) is 8.11. The van der Waals surface area contributed by atoms with E-state index in [0.717, 1.165) is 14.7 Å². The van der Waals surface area contributed by atoms with E-state index in [1.807, 2.05) is 36.4 Å². The number of hydrogen-bond donors (Lipinski definition) is 1. The molecule has 0 bridgehead atoms. The highest BCUT2D eigenvalue weighted by atomic mass is 127. The molecule has 0 aliphatic heterocycles. The van der Waals surface area contributed by atoms with E-state index < -0.39 is 0 Å². The molecule has 0 radical (unpaired) electrons. The molecule has 2 nitrogen and oxygen atoms in total. The molecule has 2 aromatic carbocycles. The smallest absolute Gasteiger partial charge is 0.137 e. The van der Waals surface area contributed by atoms with Crippen LogP contribution in [-0.2, 0) is 0 Å². The number of benzene rings is 2. The van der Waals surface area contributed by atoms with Gasteiger partial charge >= 0.3 is 0 Å². The molecule has 2 rings (SSSR count). The molecule has 2 aromatic rings. The van der Waals surface area contributed by atoms with Gasteiger partial charge in [0.2, 0.25) is 0 Å². The van der Waals surface area contributed by atoms with Crippen molar-refractivity contribution in [1.82, 2.24) is 0 Å². The highest BCUT2D eigenvalue weighted by Crippen LogP contribution is 2.30. The monoisotopic (exact) mass is 407 g/mol. The predicted molar refractivity (Wildman–Crippen MR) is 88.2 cm³/mol. The molecule has 2 N–H and O–H groups in total. The third-order valence-electron chi connectivity index (χ3n) is 2.84. The molecule has 0 aromatic heterocycles. The van der Waals surface area contributed by atoms with Gasteiger partial charge in [0.15, 0.2) is 0 Å². The van der Waals surface area contributed by atoms with E-state index in [9.17, 15) is 0 Å². The summed E-state index contributed by atoms with van der Waals surface area (Å²) in [6.07, 6.45) is 0. The molecule has 1 unspecified atom stereocenters. The first-order valence-corrected chi connectivity index (χ1v) is 7.40. The van der Waals surface area contributed by atoms with Gasteiger partial charge in [-0.25, -0.2) is 0 Å². The molecule has 0 saturated heterocycles. The van der Waals surface area contributed by atoms with Gasteiger partial charge in [0.05, 0.1) is 23.2 Å². The van der Waals surface area contributed by atoms with E-state index in [2.05, 4.69) is 22.6 Å². The minimum absolute atomic E-state index is 0.266. The molecule has 0 amide bonds. The second-order valence-corrected chi connectivity index (χ2v) is 6.02. The first kappa shape index (κ1) is 14.9. The first-order chi connectivity index (χ1) is 9.02. The number of nitrogens with two attached hydrogens (primary N) is 1. The SMILES string of the molecule is COc1ccc(C(N)c2ccc(I)c(Cl)c2)cc1Cl. The van der Waals surface area contributed by atoms with Crippen LogP contribution < -0.4 is 10.5 Å². The highest BCUT2D eigenvalue weighted by Gasteiger charge is 2.12. The van der Waals surface area contributed by atoms with E-state index in [0.29, 0.717) is 15.8 Å². The van der Waals surface area contributed by atoms with Crippen LogP contribution in [0.4, 0.5) is 0 Å². The molecule has 0 spiro atoms. The lowest BCUT2D eigenvalue weighted by atomic mass is 10.00. The van der Waals surface area contributed by atoms with Crippen LogP contribution in [0.5, 0.6) is 5.75 Å².